The predicted molar refractivity (Wildman–Crippen MR) is 82.1 cm³/mol. The predicted octanol–water partition coefficient (Wildman–Crippen LogP) is 4.54. The highest BCUT2D eigenvalue weighted by Gasteiger charge is 2.26. The van der Waals surface area contributed by atoms with Gasteiger partial charge in [-0.15, -0.1) is 0 Å². The minimum atomic E-state index is -0.136. The second-order valence-corrected chi connectivity index (χ2v) is 6.85. The zero-order valence-electron chi connectivity index (χ0n) is 11.9. The highest BCUT2D eigenvalue weighted by molar-refractivity contribution is 7.99. The van der Waals surface area contributed by atoms with Crippen LogP contribution < -0.4 is 5.32 Å². The van der Waals surface area contributed by atoms with Crippen LogP contribution in [-0.2, 0) is 0 Å². The lowest BCUT2D eigenvalue weighted by molar-refractivity contribution is 0.429. The van der Waals surface area contributed by atoms with Gasteiger partial charge in [-0.1, -0.05) is 26.0 Å². The average molecular weight is 281 g/mol. The lowest BCUT2D eigenvalue weighted by Crippen LogP contribution is -2.31. The number of halogens is 1. The summed E-state index contributed by atoms with van der Waals surface area (Å²) in [5.74, 6) is 1.07. The van der Waals surface area contributed by atoms with E-state index in [1.807, 2.05) is 6.07 Å². The maximum absolute atomic E-state index is 13.3. The fourth-order valence-corrected chi connectivity index (χ4v) is 4.08. The third kappa shape index (κ3) is 4.22. The van der Waals surface area contributed by atoms with E-state index in [0.29, 0.717) is 6.04 Å². The van der Waals surface area contributed by atoms with E-state index < -0.39 is 0 Å². The summed E-state index contributed by atoms with van der Waals surface area (Å²) in [6.45, 7) is 4.39. The van der Waals surface area contributed by atoms with Gasteiger partial charge >= 0.3 is 0 Å². The summed E-state index contributed by atoms with van der Waals surface area (Å²) in [5, 5.41) is 4.53. The molecule has 3 heteroatoms. The summed E-state index contributed by atoms with van der Waals surface area (Å²) >= 11 is 2.08. The molecular weight excluding hydrogens is 257 g/mol. The first-order valence-corrected chi connectivity index (χ1v) is 8.40. The van der Waals surface area contributed by atoms with Gasteiger partial charge in [-0.3, -0.25) is 0 Å². The van der Waals surface area contributed by atoms with Crippen LogP contribution in [0.5, 0.6) is 0 Å². The van der Waals surface area contributed by atoms with E-state index in [2.05, 4.69) is 30.9 Å². The first-order chi connectivity index (χ1) is 9.22. The Morgan fingerprint density at radius 1 is 1.37 bits per heavy atom. The van der Waals surface area contributed by atoms with Crippen molar-refractivity contribution in [3.8, 4) is 0 Å². The molecule has 1 aromatic carbocycles. The normalized spacial score (nSPS) is 24.6. The summed E-state index contributed by atoms with van der Waals surface area (Å²) in [7, 11) is 0. The van der Waals surface area contributed by atoms with Crippen molar-refractivity contribution in [2.24, 2.45) is 0 Å². The maximum Gasteiger partial charge on any atom is 0.123 e. The number of hydrogen-bond acceptors (Lipinski definition) is 2. The van der Waals surface area contributed by atoms with E-state index in [-0.39, 0.29) is 11.9 Å². The highest BCUT2D eigenvalue weighted by atomic mass is 32.2. The molecule has 19 heavy (non-hydrogen) atoms. The Balaban J connectivity index is 1.93. The van der Waals surface area contributed by atoms with Gasteiger partial charge in [-0.05, 0) is 49.1 Å². The molecular formula is C16H24FNS. The monoisotopic (exact) mass is 281 g/mol. The van der Waals surface area contributed by atoms with Crippen LogP contribution in [0.3, 0.4) is 0 Å². The van der Waals surface area contributed by atoms with Crippen LogP contribution in [0.2, 0.25) is 0 Å². The van der Waals surface area contributed by atoms with E-state index in [1.165, 1.54) is 31.1 Å². The van der Waals surface area contributed by atoms with Gasteiger partial charge in [-0.25, -0.2) is 4.39 Å². The molecule has 3 unspecified atom stereocenters. The number of nitrogens with one attached hydrogen (secondary N) is 1. The van der Waals surface area contributed by atoms with E-state index in [9.17, 15) is 4.39 Å². The van der Waals surface area contributed by atoms with Crippen LogP contribution in [0.4, 0.5) is 4.39 Å². The molecule has 0 heterocycles. The molecule has 0 saturated heterocycles. The van der Waals surface area contributed by atoms with Crippen LogP contribution in [0.1, 0.15) is 51.1 Å². The molecule has 2 rings (SSSR count). The van der Waals surface area contributed by atoms with Gasteiger partial charge in [0.25, 0.3) is 0 Å². The van der Waals surface area contributed by atoms with Crippen LogP contribution in [0.25, 0.3) is 0 Å². The molecule has 0 radical (unpaired) electrons. The van der Waals surface area contributed by atoms with Crippen LogP contribution >= 0.6 is 11.8 Å². The van der Waals surface area contributed by atoms with Gasteiger partial charge in [0.05, 0.1) is 0 Å². The van der Waals surface area contributed by atoms with Gasteiger partial charge in [0.15, 0.2) is 0 Å². The third-order valence-electron chi connectivity index (χ3n) is 3.88. The van der Waals surface area contributed by atoms with Crippen molar-refractivity contribution in [3.63, 3.8) is 0 Å². The van der Waals surface area contributed by atoms with Gasteiger partial charge < -0.3 is 5.32 Å². The number of rotatable bonds is 6. The molecule has 3 atom stereocenters. The molecule has 0 aliphatic heterocycles. The Hall–Kier alpha value is -0.540. The van der Waals surface area contributed by atoms with E-state index in [4.69, 9.17) is 0 Å². The van der Waals surface area contributed by atoms with Gasteiger partial charge in [-0.2, -0.15) is 11.8 Å². The van der Waals surface area contributed by atoms with E-state index in [0.717, 1.165) is 17.2 Å². The first-order valence-electron chi connectivity index (χ1n) is 7.36. The molecule has 0 bridgehead atoms. The first kappa shape index (κ1) is 14.9. The number of thioether (sulfide) groups is 1. The molecule has 1 saturated carbocycles. The fraction of sp³-hybridized carbons (Fsp3) is 0.625. The smallest absolute Gasteiger partial charge is 0.123 e. The quantitative estimate of drug-likeness (QED) is 0.821. The van der Waals surface area contributed by atoms with E-state index in [1.54, 1.807) is 12.1 Å². The standard InChI is InChI=1S/C16H24FNS/c1-3-16(12-6-5-7-13(17)10-12)18-14-8-9-15(11-14)19-4-2/h5-7,10,14-16,18H,3-4,8-9,11H2,1-2H3. The van der Waals surface area contributed by atoms with Gasteiger partial charge in [0.2, 0.25) is 0 Å². The highest BCUT2D eigenvalue weighted by Crippen LogP contribution is 2.31. The summed E-state index contributed by atoms with van der Waals surface area (Å²) in [6, 6.07) is 7.88. The SMILES string of the molecule is CCSC1CCC(NC(CC)c2cccc(F)c2)C1. The zero-order chi connectivity index (χ0) is 13.7. The number of benzene rings is 1. The average Bonchev–Trinajstić information content (AvgIpc) is 2.84. The largest absolute Gasteiger partial charge is 0.307 e. The van der Waals surface area contributed by atoms with Crippen molar-refractivity contribution in [1.82, 2.24) is 5.32 Å². The van der Waals surface area contributed by atoms with Crippen molar-refractivity contribution in [1.29, 1.82) is 0 Å². The number of hydrogen-bond donors (Lipinski definition) is 1. The Morgan fingerprint density at radius 2 is 2.21 bits per heavy atom. The Kier molecular flexibility index (Phi) is 5.71. The molecule has 0 spiro atoms. The molecule has 1 N–H and O–H groups in total. The molecule has 1 nitrogen and oxygen atoms in total. The van der Waals surface area contributed by atoms with Crippen molar-refractivity contribution in [2.45, 2.75) is 56.9 Å². The lowest BCUT2D eigenvalue weighted by atomic mass is 10.0. The molecule has 0 aromatic heterocycles. The summed E-state index contributed by atoms with van der Waals surface area (Å²) in [5.41, 5.74) is 1.08. The molecule has 1 aliphatic rings. The summed E-state index contributed by atoms with van der Waals surface area (Å²) in [4.78, 5) is 0. The fourth-order valence-electron chi connectivity index (χ4n) is 2.94. The van der Waals surface area contributed by atoms with Crippen molar-refractivity contribution in [2.75, 3.05) is 5.75 Å². The molecule has 1 aliphatic carbocycles. The Bertz CT molecular complexity index is 396. The minimum absolute atomic E-state index is 0.136. The van der Waals surface area contributed by atoms with Crippen LogP contribution in [0, 0.1) is 5.82 Å². The summed E-state index contributed by atoms with van der Waals surface area (Å²) < 4.78 is 13.3. The Morgan fingerprint density at radius 3 is 2.89 bits per heavy atom. The van der Waals surface area contributed by atoms with Crippen molar-refractivity contribution in [3.05, 3.63) is 35.6 Å². The maximum atomic E-state index is 13.3. The lowest BCUT2D eigenvalue weighted by Gasteiger charge is -2.22. The molecule has 1 aromatic rings. The topological polar surface area (TPSA) is 12.0 Å². The minimum Gasteiger partial charge on any atom is -0.307 e. The second kappa shape index (κ2) is 7.30. The van der Waals surface area contributed by atoms with Crippen LogP contribution in [0.15, 0.2) is 24.3 Å². The van der Waals surface area contributed by atoms with Gasteiger partial charge in [0, 0.05) is 17.3 Å². The molecule has 106 valence electrons. The Labute approximate surface area is 120 Å². The van der Waals surface area contributed by atoms with Crippen molar-refractivity contribution < 1.29 is 4.39 Å². The second-order valence-electron chi connectivity index (χ2n) is 5.27. The summed E-state index contributed by atoms with van der Waals surface area (Å²) in [6.07, 6.45) is 4.83. The molecule has 1 fully saturated rings. The van der Waals surface area contributed by atoms with Crippen molar-refractivity contribution >= 4 is 11.8 Å². The van der Waals surface area contributed by atoms with E-state index >= 15 is 0 Å². The van der Waals surface area contributed by atoms with Gasteiger partial charge in [0.1, 0.15) is 5.82 Å². The molecule has 0 amide bonds. The third-order valence-corrected chi connectivity index (χ3v) is 5.12. The zero-order valence-corrected chi connectivity index (χ0v) is 12.7. The van der Waals surface area contributed by atoms with Crippen LogP contribution in [-0.4, -0.2) is 17.0 Å².